The summed E-state index contributed by atoms with van der Waals surface area (Å²) in [5.41, 5.74) is 1.16. The average Bonchev–Trinajstić information content (AvgIpc) is 3.26. The predicted octanol–water partition coefficient (Wildman–Crippen LogP) is 3.72. The molecule has 0 bridgehead atoms. The van der Waals surface area contributed by atoms with Crippen LogP contribution in [-0.2, 0) is 20.1 Å². The topological polar surface area (TPSA) is 69.3 Å². The zero-order valence-electron chi connectivity index (χ0n) is 14.4. The van der Waals surface area contributed by atoms with Crippen LogP contribution in [0.15, 0.2) is 57.7 Å². The van der Waals surface area contributed by atoms with Crippen molar-refractivity contribution in [3.05, 3.63) is 70.3 Å². The molecule has 0 aliphatic carbocycles. The molecule has 6 nitrogen and oxygen atoms in total. The van der Waals surface area contributed by atoms with Gasteiger partial charge >= 0.3 is 0 Å². The van der Waals surface area contributed by atoms with Gasteiger partial charge in [-0.1, -0.05) is 22.0 Å². The van der Waals surface area contributed by atoms with Crippen LogP contribution in [0.5, 0.6) is 5.75 Å². The number of nitrogens with zero attached hydrogens (tertiary/aromatic N) is 2. The van der Waals surface area contributed by atoms with Gasteiger partial charge in [-0.25, -0.2) is 0 Å². The van der Waals surface area contributed by atoms with Crippen molar-refractivity contribution >= 4 is 21.8 Å². The van der Waals surface area contributed by atoms with E-state index < -0.39 is 0 Å². The highest BCUT2D eigenvalue weighted by molar-refractivity contribution is 9.10. The van der Waals surface area contributed by atoms with E-state index in [0.717, 1.165) is 28.6 Å². The Balaban J connectivity index is 1.42. The first kappa shape index (κ1) is 18.3. The second-order valence-electron chi connectivity index (χ2n) is 5.89. The molecular weight excluding hydrogens is 398 g/mol. The molecule has 0 aliphatic heterocycles. The van der Waals surface area contributed by atoms with E-state index in [1.165, 1.54) is 0 Å². The summed E-state index contributed by atoms with van der Waals surface area (Å²) >= 11 is 3.40. The molecule has 2 heterocycles. The minimum Gasteiger partial charge on any atom is -0.486 e. The number of rotatable bonds is 8. The maximum atomic E-state index is 12.1. The standard InChI is InChI=1S/C19H20BrN3O3/c1-23-12-14(11-22-23)4-3-9-21-19(24)18-8-7-17(26-18)13-25-16-6-2-5-15(20)10-16/h2,5-8,10-12H,3-4,9,13H2,1H3,(H,21,24). The molecule has 0 saturated carbocycles. The van der Waals surface area contributed by atoms with Gasteiger partial charge in [-0.3, -0.25) is 9.48 Å². The van der Waals surface area contributed by atoms with E-state index in [-0.39, 0.29) is 12.5 Å². The quantitative estimate of drug-likeness (QED) is 0.567. The lowest BCUT2D eigenvalue weighted by molar-refractivity contribution is 0.0921. The first-order valence-electron chi connectivity index (χ1n) is 8.33. The van der Waals surface area contributed by atoms with Gasteiger partial charge in [0.25, 0.3) is 5.91 Å². The summed E-state index contributed by atoms with van der Waals surface area (Å²) in [6.45, 7) is 0.850. The summed E-state index contributed by atoms with van der Waals surface area (Å²) in [6.07, 6.45) is 5.53. The molecule has 0 fully saturated rings. The Bertz CT molecular complexity index is 872. The minimum absolute atomic E-state index is 0.218. The number of amides is 1. The summed E-state index contributed by atoms with van der Waals surface area (Å²) < 4.78 is 13.9. The zero-order valence-corrected chi connectivity index (χ0v) is 16.0. The summed E-state index contributed by atoms with van der Waals surface area (Å²) in [6, 6.07) is 11.0. The average molecular weight is 418 g/mol. The molecule has 0 radical (unpaired) electrons. The second-order valence-corrected chi connectivity index (χ2v) is 6.81. The third-order valence-electron chi connectivity index (χ3n) is 3.75. The number of nitrogens with one attached hydrogen (secondary N) is 1. The molecule has 0 spiro atoms. The molecular formula is C19H20BrN3O3. The van der Waals surface area contributed by atoms with Gasteiger partial charge in [-0.2, -0.15) is 5.10 Å². The predicted molar refractivity (Wildman–Crippen MR) is 101 cm³/mol. The van der Waals surface area contributed by atoms with Crippen molar-refractivity contribution in [1.82, 2.24) is 15.1 Å². The maximum Gasteiger partial charge on any atom is 0.286 e. The highest BCUT2D eigenvalue weighted by Gasteiger charge is 2.11. The number of aromatic nitrogens is 2. The fourth-order valence-corrected chi connectivity index (χ4v) is 2.85. The number of carbonyl (C=O) groups is 1. The number of carbonyl (C=O) groups excluding carboxylic acids is 1. The largest absolute Gasteiger partial charge is 0.486 e. The summed E-state index contributed by atoms with van der Waals surface area (Å²) in [5, 5.41) is 6.99. The van der Waals surface area contributed by atoms with Gasteiger partial charge in [-0.05, 0) is 48.7 Å². The van der Waals surface area contributed by atoms with Crippen molar-refractivity contribution in [2.45, 2.75) is 19.4 Å². The Hall–Kier alpha value is -2.54. The molecule has 1 amide bonds. The number of furan rings is 1. The lowest BCUT2D eigenvalue weighted by atomic mass is 10.2. The van der Waals surface area contributed by atoms with E-state index in [9.17, 15) is 4.79 Å². The van der Waals surface area contributed by atoms with Crippen molar-refractivity contribution in [2.75, 3.05) is 6.54 Å². The van der Waals surface area contributed by atoms with Gasteiger partial charge in [-0.15, -0.1) is 0 Å². The van der Waals surface area contributed by atoms with Crippen LogP contribution in [0.3, 0.4) is 0 Å². The van der Waals surface area contributed by atoms with Crippen LogP contribution in [0, 0.1) is 0 Å². The van der Waals surface area contributed by atoms with Crippen LogP contribution < -0.4 is 10.1 Å². The molecule has 26 heavy (non-hydrogen) atoms. The molecule has 0 atom stereocenters. The fraction of sp³-hybridized carbons (Fsp3) is 0.263. The Morgan fingerprint density at radius 3 is 3.00 bits per heavy atom. The minimum atomic E-state index is -0.218. The van der Waals surface area contributed by atoms with Crippen LogP contribution >= 0.6 is 15.9 Å². The van der Waals surface area contributed by atoms with E-state index in [1.807, 2.05) is 43.7 Å². The summed E-state index contributed by atoms with van der Waals surface area (Å²) in [4.78, 5) is 12.1. The molecule has 1 N–H and O–H groups in total. The lowest BCUT2D eigenvalue weighted by Gasteiger charge is -2.04. The highest BCUT2D eigenvalue weighted by atomic mass is 79.9. The van der Waals surface area contributed by atoms with Gasteiger partial charge in [0.2, 0.25) is 0 Å². The van der Waals surface area contributed by atoms with Crippen molar-refractivity contribution < 1.29 is 13.9 Å². The number of hydrogen-bond acceptors (Lipinski definition) is 4. The second kappa shape index (κ2) is 8.71. The van der Waals surface area contributed by atoms with Gasteiger partial charge in [0.1, 0.15) is 18.1 Å². The number of ether oxygens (including phenoxy) is 1. The Kier molecular flexibility index (Phi) is 6.12. The van der Waals surface area contributed by atoms with Crippen molar-refractivity contribution in [1.29, 1.82) is 0 Å². The Labute approximate surface area is 160 Å². The fourth-order valence-electron chi connectivity index (χ4n) is 2.47. The van der Waals surface area contributed by atoms with Crippen molar-refractivity contribution in [3.63, 3.8) is 0 Å². The van der Waals surface area contributed by atoms with Gasteiger partial charge < -0.3 is 14.5 Å². The first-order valence-corrected chi connectivity index (χ1v) is 9.12. The molecule has 0 saturated heterocycles. The van der Waals surface area contributed by atoms with Crippen LogP contribution in [-0.4, -0.2) is 22.2 Å². The van der Waals surface area contributed by atoms with Crippen molar-refractivity contribution in [2.24, 2.45) is 7.05 Å². The molecule has 7 heteroatoms. The van der Waals surface area contributed by atoms with E-state index >= 15 is 0 Å². The van der Waals surface area contributed by atoms with Crippen LogP contribution in [0.1, 0.15) is 28.3 Å². The van der Waals surface area contributed by atoms with Crippen LogP contribution in [0.25, 0.3) is 0 Å². The third-order valence-corrected chi connectivity index (χ3v) is 4.24. The molecule has 3 rings (SSSR count). The molecule has 0 unspecified atom stereocenters. The summed E-state index contributed by atoms with van der Waals surface area (Å²) in [5.74, 6) is 1.41. The van der Waals surface area contributed by atoms with Crippen LogP contribution in [0.4, 0.5) is 0 Å². The Morgan fingerprint density at radius 1 is 1.35 bits per heavy atom. The smallest absolute Gasteiger partial charge is 0.286 e. The summed E-state index contributed by atoms with van der Waals surface area (Å²) in [7, 11) is 1.89. The lowest BCUT2D eigenvalue weighted by Crippen LogP contribution is -2.24. The molecule has 0 aliphatic rings. The van der Waals surface area contributed by atoms with E-state index in [2.05, 4.69) is 26.3 Å². The number of benzene rings is 1. The van der Waals surface area contributed by atoms with E-state index in [4.69, 9.17) is 9.15 Å². The number of aryl methyl sites for hydroxylation is 2. The van der Waals surface area contributed by atoms with Gasteiger partial charge in [0.15, 0.2) is 5.76 Å². The normalized spacial score (nSPS) is 10.7. The monoisotopic (exact) mass is 417 g/mol. The third kappa shape index (κ3) is 5.23. The first-order chi connectivity index (χ1) is 12.6. The van der Waals surface area contributed by atoms with E-state index in [1.54, 1.807) is 16.8 Å². The molecule has 2 aromatic heterocycles. The molecule has 1 aromatic carbocycles. The zero-order chi connectivity index (χ0) is 18.4. The molecule has 3 aromatic rings. The Morgan fingerprint density at radius 2 is 2.23 bits per heavy atom. The maximum absolute atomic E-state index is 12.1. The van der Waals surface area contributed by atoms with Gasteiger partial charge in [0.05, 0.1) is 6.20 Å². The SMILES string of the molecule is Cn1cc(CCCNC(=O)c2ccc(COc3cccc(Br)c3)o2)cn1. The van der Waals surface area contributed by atoms with Gasteiger partial charge in [0, 0.05) is 24.3 Å². The van der Waals surface area contributed by atoms with Crippen LogP contribution in [0.2, 0.25) is 0 Å². The molecule has 136 valence electrons. The van der Waals surface area contributed by atoms with Crippen molar-refractivity contribution in [3.8, 4) is 5.75 Å². The number of hydrogen-bond donors (Lipinski definition) is 1. The number of halogens is 1. The highest BCUT2D eigenvalue weighted by Crippen LogP contribution is 2.19. The van der Waals surface area contributed by atoms with E-state index in [0.29, 0.717) is 18.1 Å².